The third-order valence-electron chi connectivity index (χ3n) is 7.25. The molecule has 2 aliphatic carbocycles. The molecular weight excluding hydrogens is 462 g/mol. The van der Waals surface area contributed by atoms with Crippen molar-refractivity contribution in [2.45, 2.75) is 58.0 Å². The first-order chi connectivity index (χ1) is 16.7. The molecule has 7 nitrogen and oxygen atoms in total. The number of allylic oxidation sites excluding steroid dienone is 5. The average Bonchev–Trinajstić information content (AvgIpc) is 3.65. The van der Waals surface area contributed by atoms with E-state index < -0.39 is 9.84 Å². The molecule has 2 amide bonds. The number of nitrogens with zero attached hydrogens (tertiary/aromatic N) is 2. The van der Waals surface area contributed by atoms with Crippen LogP contribution in [0.25, 0.3) is 5.57 Å². The van der Waals surface area contributed by atoms with E-state index in [1.54, 1.807) is 11.8 Å². The van der Waals surface area contributed by atoms with Crippen molar-refractivity contribution in [2.24, 2.45) is 5.92 Å². The van der Waals surface area contributed by atoms with Crippen LogP contribution in [0.1, 0.15) is 51.5 Å². The second-order valence-corrected chi connectivity index (χ2v) is 12.4. The Labute approximate surface area is 207 Å². The number of rotatable bonds is 4. The molecule has 0 aromatic heterocycles. The third kappa shape index (κ3) is 4.94. The molecule has 1 saturated carbocycles. The lowest BCUT2D eigenvalue weighted by Crippen LogP contribution is -2.51. The van der Waals surface area contributed by atoms with Gasteiger partial charge in [-0.2, -0.15) is 0 Å². The normalized spacial score (nSPS) is 25.8. The van der Waals surface area contributed by atoms with E-state index in [0.29, 0.717) is 19.4 Å². The lowest BCUT2D eigenvalue weighted by Gasteiger charge is -2.41. The number of nitrogens with one attached hydrogen (secondary N) is 1. The van der Waals surface area contributed by atoms with Crippen LogP contribution >= 0.6 is 0 Å². The van der Waals surface area contributed by atoms with Gasteiger partial charge in [0.1, 0.15) is 0 Å². The van der Waals surface area contributed by atoms with E-state index in [4.69, 9.17) is 0 Å². The zero-order valence-electron chi connectivity index (χ0n) is 20.4. The van der Waals surface area contributed by atoms with Crippen molar-refractivity contribution in [3.63, 3.8) is 0 Å². The van der Waals surface area contributed by atoms with Crippen LogP contribution in [0.15, 0.2) is 48.2 Å². The Morgan fingerprint density at radius 2 is 1.89 bits per heavy atom. The highest BCUT2D eigenvalue weighted by molar-refractivity contribution is 7.91. The summed E-state index contributed by atoms with van der Waals surface area (Å²) < 4.78 is 24.4. The molecule has 2 heterocycles. The molecule has 2 aliphatic heterocycles. The number of hydrogen-bond acceptors (Lipinski definition) is 5. The summed E-state index contributed by atoms with van der Waals surface area (Å²) in [6, 6.07) is 5.74. The molecule has 0 radical (unpaired) electrons. The van der Waals surface area contributed by atoms with Crippen LogP contribution in [0.3, 0.4) is 0 Å². The topological polar surface area (TPSA) is 86.8 Å². The molecular formula is C27H33N3O4S. The lowest BCUT2D eigenvalue weighted by molar-refractivity contribution is -0.120. The van der Waals surface area contributed by atoms with Crippen molar-refractivity contribution in [1.29, 1.82) is 0 Å². The monoisotopic (exact) mass is 495 g/mol. The summed E-state index contributed by atoms with van der Waals surface area (Å²) in [6.45, 7) is 4.02. The summed E-state index contributed by atoms with van der Waals surface area (Å²) in [4.78, 5) is 29.3. The zero-order chi connectivity index (χ0) is 24.7. The minimum atomic E-state index is -3.03. The predicted octanol–water partition coefficient (Wildman–Crippen LogP) is 3.58. The quantitative estimate of drug-likeness (QED) is 0.690. The molecule has 4 aliphatic rings. The van der Waals surface area contributed by atoms with Crippen LogP contribution in [0.2, 0.25) is 0 Å². The number of carbonyl (C=O) groups is 2. The number of fused-ring (bicyclic) bond motifs is 1. The highest BCUT2D eigenvalue weighted by atomic mass is 32.2. The first-order valence-corrected chi connectivity index (χ1v) is 14.3. The number of anilines is 2. The summed E-state index contributed by atoms with van der Waals surface area (Å²) in [5.41, 5.74) is 4.43. The van der Waals surface area contributed by atoms with Gasteiger partial charge >= 0.3 is 0 Å². The van der Waals surface area contributed by atoms with Crippen LogP contribution in [-0.2, 0) is 19.4 Å². The lowest BCUT2D eigenvalue weighted by atomic mass is 9.97. The molecule has 2 fully saturated rings. The van der Waals surface area contributed by atoms with Crippen molar-refractivity contribution in [3.8, 4) is 0 Å². The number of amides is 2. The SMILES string of the molecule is CC(=O)N1c2ccc(C3=C(NC4CCCS(=O)(=O)C4)CC=CC=C3)cc2N(C(=O)C2CC2)CC1C. The van der Waals surface area contributed by atoms with Gasteiger partial charge in [0, 0.05) is 43.1 Å². The molecule has 2 unspecified atom stereocenters. The summed E-state index contributed by atoms with van der Waals surface area (Å²) in [7, 11) is -3.03. The first kappa shape index (κ1) is 23.9. The van der Waals surface area contributed by atoms with Gasteiger partial charge in [-0.3, -0.25) is 9.59 Å². The summed E-state index contributed by atoms with van der Waals surface area (Å²) in [6.07, 6.45) is 12.1. The molecule has 1 saturated heterocycles. The fraction of sp³-hybridized carbons (Fsp3) is 0.481. The number of benzene rings is 1. The van der Waals surface area contributed by atoms with Crippen LogP contribution in [0.4, 0.5) is 11.4 Å². The minimum Gasteiger partial charge on any atom is -0.384 e. The average molecular weight is 496 g/mol. The maximum Gasteiger partial charge on any atom is 0.230 e. The first-order valence-electron chi connectivity index (χ1n) is 12.5. The molecule has 2 atom stereocenters. The van der Waals surface area contributed by atoms with Crippen molar-refractivity contribution >= 4 is 38.6 Å². The highest BCUT2D eigenvalue weighted by Gasteiger charge is 2.40. The highest BCUT2D eigenvalue weighted by Crippen LogP contribution is 2.42. The van der Waals surface area contributed by atoms with E-state index in [1.165, 1.54) is 0 Å². The molecule has 0 bridgehead atoms. The molecule has 1 aromatic rings. The Morgan fingerprint density at radius 3 is 2.60 bits per heavy atom. The standard InChI is InChI=1S/C27H33N3O4S/c1-18-16-29(27(32)20-10-11-20)26-15-21(12-13-25(26)30(18)19(2)31)23-8-4-3-5-9-24(23)28-22-7-6-14-35(33,34)17-22/h3-5,8,12-13,15,18,20,22,28H,6-7,9-11,14,16-17H2,1-2H3. The smallest absolute Gasteiger partial charge is 0.230 e. The number of sulfone groups is 1. The second kappa shape index (κ2) is 9.30. The molecule has 1 aromatic carbocycles. The van der Waals surface area contributed by atoms with Crippen molar-refractivity contribution in [2.75, 3.05) is 27.9 Å². The molecule has 186 valence electrons. The largest absolute Gasteiger partial charge is 0.384 e. The molecule has 1 N–H and O–H groups in total. The second-order valence-electron chi connectivity index (χ2n) is 10.1. The fourth-order valence-corrected chi connectivity index (χ4v) is 7.09. The van der Waals surface area contributed by atoms with Gasteiger partial charge in [-0.05, 0) is 50.3 Å². The molecule has 35 heavy (non-hydrogen) atoms. The van der Waals surface area contributed by atoms with Crippen LogP contribution in [-0.4, -0.2) is 50.4 Å². The molecule has 0 spiro atoms. The van der Waals surface area contributed by atoms with Crippen LogP contribution < -0.4 is 15.1 Å². The summed E-state index contributed by atoms with van der Waals surface area (Å²) >= 11 is 0. The van der Waals surface area contributed by atoms with E-state index in [1.807, 2.05) is 48.3 Å². The number of hydrogen-bond donors (Lipinski definition) is 1. The Balaban J connectivity index is 1.55. The third-order valence-corrected chi connectivity index (χ3v) is 9.08. The van der Waals surface area contributed by atoms with Crippen LogP contribution in [0.5, 0.6) is 0 Å². The molecule has 8 heteroatoms. The summed E-state index contributed by atoms with van der Waals surface area (Å²) in [5, 5.41) is 3.53. The fourth-order valence-electron chi connectivity index (χ4n) is 5.45. The molecule has 5 rings (SSSR count). The van der Waals surface area contributed by atoms with Gasteiger partial charge in [0.15, 0.2) is 9.84 Å². The predicted molar refractivity (Wildman–Crippen MR) is 139 cm³/mol. The van der Waals surface area contributed by atoms with Crippen molar-refractivity contribution < 1.29 is 18.0 Å². The maximum absolute atomic E-state index is 13.2. The van der Waals surface area contributed by atoms with Gasteiger partial charge < -0.3 is 15.1 Å². The summed E-state index contributed by atoms with van der Waals surface area (Å²) in [5.74, 6) is 0.586. The van der Waals surface area contributed by atoms with E-state index in [2.05, 4.69) is 11.4 Å². The van der Waals surface area contributed by atoms with Crippen molar-refractivity contribution in [3.05, 3.63) is 53.8 Å². The van der Waals surface area contributed by atoms with Gasteiger partial charge in [0.25, 0.3) is 0 Å². The van der Waals surface area contributed by atoms with Gasteiger partial charge in [-0.1, -0.05) is 30.4 Å². The van der Waals surface area contributed by atoms with Gasteiger partial charge in [0.2, 0.25) is 11.8 Å². The van der Waals surface area contributed by atoms with Gasteiger partial charge in [-0.15, -0.1) is 0 Å². The van der Waals surface area contributed by atoms with E-state index in [0.717, 1.165) is 47.5 Å². The van der Waals surface area contributed by atoms with E-state index >= 15 is 0 Å². The van der Waals surface area contributed by atoms with Gasteiger partial charge in [0.05, 0.1) is 28.9 Å². The van der Waals surface area contributed by atoms with E-state index in [9.17, 15) is 18.0 Å². The Kier molecular flexibility index (Phi) is 6.34. The van der Waals surface area contributed by atoms with Crippen LogP contribution in [0, 0.1) is 5.92 Å². The van der Waals surface area contributed by atoms with E-state index in [-0.39, 0.29) is 41.3 Å². The Hall–Kier alpha value is -2.87. The minimum absolute atomic E-state index is 0.0383. The maximum atomic E-state index is 13.2. The number of carbonyl (C=O) groups excluding carboxylic acids is 2. The zero-order valence-corrected chi connectivity index (χ0v) is 21.2. The Bertz CT molecular complexity index is 1240. The Morgan fingerprint density at radius 1 is 1.09 bits per heavy atom. The van der Waals surface area contributed by atoms with Crippen molar-refractivity contribution in [1.82, 2.24) is 5.32 Å². The van der Waals surface area contributed by atoms with Gasteiger partial charge in [-0.25, -0.2) is 8.42 Å².